The summed E-state index contributed by atoms with van der Waals surface area (Å²) in [5, 5.41) is 11.9. The van der Waals surface area contributed by atoms with Crippen LogP contribution in [0, 0.1) is 12.7 Å². The second kappa shape index (κ2) is 9.32. The summed E-state index contributed by atoms with van der Waals surface area (Å²) in [6.45, 7) is 2.03. The standard InChI is InChI=1S/C21H18ClFN6OS/c1-14-24-7-8-28(14)19-6-5-15(9-18(19)23)11-25-20(30)12-31-21-27-26-13-29(21)17-4-2-3-16(22)10-17/h2-10,13H,11-12H2,1H3,(H,25,30). The molecule has 0 bridgehead atoms. The lowest BCUT2D eigenvalue weighted by atomic mass is 10.2. The normalized spacial score (nSPS) is 10.9. The van der Waals surface area contributed by atoms with Crippen LogP contribution in [0.25, 0.3) is 11.4 Å². The molecule has 0 aliphatic heterocycles. The van der Waals surface area contributed by atoms with Crippen molar-refractivity contribution in [3.63, 3.8) is 0 Å². The molecule has 10 heteroatoms. The predicted octanol–water partition coefficient (Wildman–Crippen LogP) is 3.96. The Labute approximate surface area is 187 Å². The minimum absolute atomic E-state index is 0.147. The second-order valence-electron chi connectivity index (χ2n) is 6.66. The molecule has 1 N–H and O–H groups in total. The Kier molecular flexibility index (Phi) is 6.34. The van der Waals surface area contributed by atoms with Crippen molar-refractivity contribution >= 4 is 29.3 Å². The van der Waals surface area contributed by atoms with E-state index >= 15 is 0 Å². The zero-order valence-electron chi connectivity index (χ0n) is 16.5. The monoisotopic (exact) mass is 456 g/mol. The van der Waals surface area contributed by atoms with Crippen molar-refractivity contribution in [3.8, 4) is 11.4 Å². The molecule has 31 heavy (non-hydrogen) atoms. The van der Waals surface area contributed by atoms with Crippen molar-refractivity contribution in [1.29, 1.82) is 0 Å². The first-order chi connectivity index (χ1) is 15.0. The fourth-order valence-corrected chi connectivity index (χ4v) is 3.94. The van der Waals surface area contributed by atoms with Gasteiger partial charge in [-0.3, -0.25) is 9.36 Å². The lowest BCUT2D eigenvalue weighted by molar-refractivity contribution is -0.118. The number of aromatic nitrogens is 5. The average molecular weight is 457 g/mol. The maximum Gasteiger partial charge on any atom is 0.230 e. The highest BCUT2D eigenvalue weighted by atomic mass is 35.5. The van der Waals surface area contributed by atoms with Gasteiger partial charge in [-0.25, -0.2) is 9.37 Å². The van der Waals surface area contributed by atoms with Crippen molar-refractivity contribution in [2.75, 3.05) is 5.75 Å². The maximum atomic E-state index is 14.5. The molecule has 0 saturated heterocycles. The number of halogens is 2. The SMILES string of the molecule is Cc1nccn1-c1ccc(CNC(=O)CSc2nncn2-c2cccc(Cl)c2)cc1F. The van der Waals surface area contributed by atoms with E-state index in [2.05, 4.69) is 20.5 Å². The van der Waals surface area contributed by atoms with Gasteiger partial charge >= 0.3 is 0 Å². The fraction of sp³-hybridized carbons (Fsp3) is 0.143. The molecule has 7 nitrogen and oxygen atoms in total. The Morgan fingerprint density at radius 1 is 1.23 bits per heavy atom. The van der Waals surface area contributed by atoms with Gasteiger partial charge in [-0.2, -0.15) is 0 Å². The van der Waals surface area contributed by atoms with E-state index in [1.54, 1.807) is 59.0 Å². The van der Waals surface area contributed by atoms with Crippen LogP contribution >= 0.6 is 23.4 Å². The van der Waals surface area contributed by atoms with E-state index in [0.29, 0.717) is 27.3 Å². The van der Waals surface area contributed by atoms with Gasteiger partial charge in [0.05, 0.1) is 17.1 Å². The quantitative estimate of drug-likeness (QED) is 0.426. The van der Waals surface area contributed by atoms with Gasteiger partial charge < -0.3 is 9.88 Å². The summed E-state index contributed by atoms with van der Waals surface area (Å²) >= 11 is 7.30. The smallest absolute Gasteiger partial charge is 0.230 e. The van der Waals surface area contributed by atoms with Gasteiger partial charge in [0.1, 0.15) is 18.0 Å². The first kappa shape index (κ1) is 21.1. The summed E-state index contributed by atoms with van der Waals surface area (Å²) in [5.74, 6) is 0.272. The van der Waals surface area contributed by atoms with E-state index in [9.17, 15) is 9.18 Å². The molecule has 2 heterocycles. The zero-order valence-corrected chi connectivity index (χ0v) is 18.1. The van der Waals surface area contributed by atoms with E-state index in [0.717, 1.165) is 5.69 Å². The van der Waals surface area contributed by atoms with Crippen molar-refractivity contribution in [3.05, 3.63) is 83.4 Å². The Morgan fingerprint density at radius 2 is 2.10 bits per heavy atom. The maximum absolute atomic E-state index is 14.5. The number of imidazole rings is 1. The van der Waals surface area contributed by atoms with Gasteiger partial charge in [-0.05, 0) is 42.8 Å². The number of aryl methyl sites for hydroxylation is 1. The molecule has 0 unspecified atom stereocenters. The molecule has 0 aliphatic carbocycles. The van der Waals surface area contributed by atoms with Crippen LogP contribution in [0.15, 0.2) is 66.3 Å². The Bertz CT molecular complexity index is 1220. The van der Waals surface area contributed by atoms with Crippen LogP contribution < -0.4 is 5.32 Å². The third-order valence-corrected chi connectivity index (χ3v) is 5.70. The number of carbonyl (C=O) groups is 1. The summed E-state index contributed by atoms with van der Waals surface area (Å²) in [7, 11) is 0. The molecule has 2 aromatic carbocycles. The third kappa shape index (κ3) is 4.95. The van der Waals surface area contributed by atoms with E-state index in [1.807, 2.05) is 12.1 Å². The lowest BCUT2D eigenvalue weighted by Gasteiger charge is -2.10. The minimum atomic E-state index is -0.378. The van der Waals surface area contributed by atoms with E-state index < -0.39 is 0 Å². The predicted molar refractivity (Wildman–Crippen MR) is 117 cm³/mol. The van der Waals surface area contributed by atoms with Crippen LogP contribution in [0.4, 0.5) is 4.39 Å². The number of hydrogen-bond acceptors (Lipinski definition) is 5. The number of benzene rings is 2. The molecular formula is C21H18ClFN6OS. The summed E-state index contributed by atoms with van der Waals surface area (Å²) in [4.78, 5) is 16.4. The average Bonchev–Trinajstić information content (AvgIpc) is 3.40. The van der Waals surface area contributed by atoms with Crippen molar-refractivity contribution < 1.29 is 9.18 Å². The lowest BCUT2D eigenvalue weighted by Crippen LogP contribution is -2.24. The van der Waals surface area contributed by atoms with E-state index in [-0.39, 0.29) is 24.0 Å². The third-order valence-electron chi connectivity index (χ3n) is 4.52. The number of carbonyl (C=O) groups excluding carboxylic acids is 1. The molecule has 0 spiro atoms. The van der Waals surface area contributed by atoms with Gasteiger partial charge in [-0.15, -0.1) is 10.2 Å². The van der Waals surface area contributed by atoms with Gasteiger partial charge in [0, 0.05) is 24.0 Å². The van der Waals surface area contributed by atoms with E-state index in [1.165, 1.54) is 17.8 Å². The molecule has 2 aromatic heterocycles. The number of hydrogen-bond donors (Lipinski definition) is 1. The largest absolute Gasteiger partial charge is 0.351 e. The summed E-state index contributed by atoms with van der Waals surface area (Å²) in [6.07, 6.45) is 4.89. The van der Waals surface area contributed by atoms with Gasteiger partial charge in [0.15, 0.2) is 5.16 Å². The number of nitrogens with zero attached hydrogens (tertiary/aromatic N) is 5. The molecule has 0 fully saturated rings. The highest BCUT2D eigenvalue weighted by molar-refractivity contribution is 7.99. The second-order valence-corrected chi connectivity index (χ2v) is 8.04. The van der Waals surface area contributed by atoms with Crippen molar-refractivity contribution in [2.45, 2.75) is 18.6 Å². The summed E-state index contributed by atoms with van der Waals surface area (Å²) < 4.78 is 17.9. The number of amides is 1. The van der Waals surface area contributed by atoms with Crippen molar-refractivity contribution in [1.82, 2.24) is 29.6 Å². The Morgan fingerprint density at radius 3 is 2.84 bits per heavy atom. The molecule has 158 valence electrons. The van der Waals surface area contributed by atoms with Crippen molar-refractivity contribution in [2.24, 2.45) is 0 Å². The van der Waals surface area contributed by atoms with Crippen LogP contribution in [0.1, 0.15) is 11.4 Å². The van der Waals surface area contributed by atoms with Crippen LogP contribution in [0.2, 0.25) is 5.02 Å². The number of nitrogens with one attached hydrogen (secondary N) is 1. The molecule has 0 radical (unpaired) electrons. The molecule has 0 atom stereocenters. The molecule has 1 amide bonds. The van der Waals surface area contributed by atoms with E-state index in [4.69, 9.17) is 11.6 Å². The highest BCUT2D eigenvalue weighted by Gasteiger charge is 2.12. The van der Waals surface area contributed by atoms with Crippen LogP contribution in [0.5, 0.6) is 0 Å². The molecule has 0 aliphatic rings. The van der Waals surface area contributed by atoms with Crippen LogP contribution in [-0.4, -0.2) is 36.0 Å². The summed E-state index contributed by atoms with van der Waals surface area (Å²) in [6, 6.07) is 12.1. The Hall–Kier alpha value is -3.17. The van der Waals surface area contributed by atoms with Crippen LogP contribution in [0.3, 0.4) is 0 Å². The topological polar surface area (TPSA) is 77.6 Å². The molecule has 4 aromatic rings. The first-order valence-electron chi connectivity index (χ1n) is 9.35. The van der Waals surface area contributed by atoms with Crippen LogP contribution in [-0.2, 0) is 11.3 Å². The van der Waals surface area contributed by atoms with Gasteiger partial charge in [0.2, 0.25) is 5.91 Å². The fourth-order valence-electron chi connectivity index (χ4n) is 3.00. The van der Waals surface area contributed by atoms with Gasteiger partial charge in [-0.1, -0.05) is 35.5 Å². The number of thioether (sulfide) groups is 1. The zero-order chi connectivity index (χ0) is 21.8. The van der Waals surface area contributed by atoms with Gasteiger partial charge in [0.25, 0.3) is 0 Å². The first-order valence-corrected chi connectivity index (χ1v) is 10.7. The molecular weight excluding hydrogens is 439 g/mol. The molecule has 4 rings (SSSR count). The summed E-state index contributed by atoms with van der Waals surface area (Å²) in [5.41, 5.74) is 1.89. The molecule has 0 saturated carbocycles. The highest BCUT2D eigenvalue weighted by Crippen LogP contribution is 2.21. The number of rotatable bonds is 7. The Balaban J connectivity index is 1.34. The minimum Gasteiger partial charge on any atom is -0.351 e.